The highest BCUT2D eigenvalue weighted by Crippen LogP contribution is 2.23. The number of imide groups is 1. The van der Waals surface area contributed by atoms with Crippen molar-refractivity contribution in [3.05, 3.63) is 0 Å². The number of nitrogens with zero attached hydrogens (tertiary/aromatic N) is 1. The number of ether oxygens (including phenoxy) is 1. The fraction of sp³-hybridized carbons (Fsp3) is 0.857. The van der Waals surface area contributed by atoms with Crippen LogP contribution in [0.3, 0.4) is 0 Å². The molecule has 0 unspecified atom stereocenters. The van der Waals surface area contributed by atoms with E-state index in [2.05, 4.69) is 21.2 Å². The molecule has 0 aromatic heterocycles. The molecule has 1 fully saturated rings. The number of carbonyl (C=O) groups excluding carboxylic acids is 2. The summed E-state index contributed by atoms with van der Waals surface area (Å²) in [4.78, 5) is 26.4. The summed E-state index contributed by atoms with van der Waals surface area (Å²) in [7, 11) is 0. The summed E-state index contributed by atoms with van der Waals surface area (Å²) in [5.74, 6) is -0.228. The molecule has 6 heteroatoms. The zero-order valence-electron chi connectivity index (χ0n) is 13.1. The van der Waals surface area contributed by atoms with E-state index < -0.39 is 17.2 Å². The highest BCUT2D eigenvalue weighted by atomic mass is 79.9. The van der Waals surface area contributed by atoms with Gasteiger partial charge < -0.3 is 10.1 Å². The zero-order chi connectivity index (χ0) is 15.7. The van der Waals surface area contributed by atoms with Gasteiger partial charge in [-0.15, -0.1) is 0 Å². The fourth-order valence-electron chi connectivity index (χ4n) is 2.04. The van der Waals surface area contributed by atoms with E-state index in [1.165, 1.54) is 4.90 Å². The minimum atomic E-state index is -0.623. The number of hydrogen-bond donors (Lipinski definition) is 1. The first-order valence-corrected chi connectivity index (χ1v) is 7.78. The molecule has 1 rings (SSSR count). The molecule has 116 valence electrons. The molecule has 20 heavy (non-hydrogen) atoms. The van der Waals surface area contributed by atoms with Crippen molar-refractivity contribution in [3.8, 4) is 0 Å². The van der Waals surface area contributed by atoms with Gasteiger partial charge in [0.05, 0.1) is 6.04 Å². The van der Waals surface area contributed by atoms with Gasteiger partial charge in [-0.2, -0.15) is 0 Å². The molecule has 0 bridgehead atoms. The van der Waals surface area contributed by atoms with E-state index in [0.29, 0.717) is 6.42 Å². The Labute approximate surface area is 129 Å². The molecule has 1 aliphatic heterocycles. The van der Waals surface area contributed by atoms with Crippen molar-refractivity contribution in [2.75, 3.05) is 6.54 Å². The average molecular weight is 349 g/mol. The minimum Gasteiger partial charge on any atom is -0.443 e. The van der Waals surface area contributed by atoms with Crippen molar-refractivity contribution < 1.29 is 14.3 Å². The fourth-order valence-corrected chi connectivity index (χ4v) is 2.60. The maximum absolute atomic E-state index is 12.6. The van der Waals surface area contributed by atoms with Gasteiger partial charge in [0.1, 0.15) is 5.60 Å². The first kappa shape index (κ1) is 17.4. The zero-order valence-corrected chi connectivity index (χ0v) is 14.7. The lowest BCUT2D eigenvalue weighted by Gasteiger charge is -2.36. The van der Waals surface area contributed by atoms with Crippen LogP contribution >= 0.6 is 15.9 Å². The molecule has 1 heterocycles. The van der Waals surface area contributed by atoms with Crippen LogP contribution < -0.4 is 5.32 Å². The maximum atomic E-state index is 12.6. The minimum absolute atomic E-state index is 0.228. The van der Waals surface area contributed by atoms with E-state index in [-0.39, 0.29) is 16.8 Å². The molecule has 1 N–H and O–H groups in total. The lowest BCUT2D eigenvalue weighted by molar-refractivity contribution is -0.136. The topological polar surface area (TPSA) is 58.6 Å². The Morgan fingerprint density at radius 2 is 1.75 bits per heavy atom. The maximum Gasteiger partial charge on any atom is 0.417 e. The summed E-state index contributed by atoms with van der Waals surface area (Å²) in [6.45, 7) is 11.6. The first-order valence-electron chi connectivity index (χ1n) is 6.86. The number of amides is 2. The van der Waals surface area contributed by atoms with Crippen LogP contribution in [0.1, 0.15) is 48.0 Å². The van der Waals surface area contributed by atoms with Gasteiger partial charge in [-0.1, -0.05) is 15.9 Å². The molecule has 0 spiro atoms. The van der Waals surface area contributed by atoms with Crippen LogP contribution in [0.2, 0.25) is 0 Å². The number of carbonyl (C=O) groups is 2. The van der Waals surface area contributed by atoms with E-state index in [1.54, 1.807) is 20.8 Å². The summed E-state index contributed by atoms with van der Waals surface area (Å²) < 4.78 is 5.36. The molecule has 0 aromatic rings. The summed E-state index contributed by atoms with van der Waals surface area (Å²) in [6.07, 6.45) is 0.0867. The van der Waals surface area contributed by atoms with Crippen LogP contribution in [0.25, 0.3) is 0 Å². The Kier molecular flexibility index (Phi) is 5.24. The second kappa shape index (κ2) is 6.02. The van der Waals surface area contributed by atoms with Crippen molar-refractivity contribution in [2.45, 2.75) is 70.0 Å². The molecule has 0 aliphatic carbocycles. The molecule has 1 aliphatic rings. The molecule has 2 amide bonds. The monoisotopic (exact) mass is 348 g/mol. The molecule has 5 nitrogen and oxygen atoms in total. The Bertz CT molecular complexity index is 385. The highest BCUT2D eigenvalue weighted by Gasteiger charge is 2.41. The predicted molar refractivity (Wildman–Crippen MR) is 82.0 cm³/mol. The van der Waals surface area contributed by atoms with Crippen LogP contribution in [0.4, 0.5) is 4.79 Å². The van der Waals surface area contributed by atoms with Gasteiger partial charge in [-0.05, 0) is 48.0 Å². The van der Waals surface area contributed by atoms with Crippen molar-refractivity contribution in [1.29, 1.82) is 0 Å². The van der Waals surface area contributed by atoms with E-state index in [1.807, 2.05) is 20.8 Å². The lowest BCUT2D eigenvalue weighted by atomic mass is 10.0. The Morgan fingerprint density at radius 1 is 1.20 bits per heavy atom. The third-order valence-electron chi connectivity index (χ3n) is 2.84. The van der Waals surface area contributed by atoms with Gasteiger partial charge in [0, 0.05) is 16.9 Å². The van der Waals surface area contributed by atoms with Crippen LogP contribution in [0.5, 0.6) is 0 Å². The number of nitrogens with one attached hydrogen (secondary N) is 1. The van der Waals surface area contributed by atoms with Gasteiger partial charge in [0.25, 0.3) is 0 Å². The van der Waals surface area contributed by atoms with Crippen molar-refractivity contribution in [3.63, 3.8) is 0 Å². The van der Waals surface area contributed by atoms with Gasteiger partial charge in [-0.25, -0.2) is 9.69 Å². The van der Waals surface area contributed by atoms with Crippen LogP contribution in [-0.2, 0) is 9.53 Å². The molecule has 0 saturated carbocycles. The number of hydrogen-bond acceptors (Lipinski definition) is 4. The van der Waals surface area contributed by atoms with Crippen LogP contribution in [0.15, 0.2) is 0 Å². The number of rotatable bonds is 1. The van der Waals surface area contributed by atoms with E-state index >= 15 is 0 Å². The molecule has 2 atom stereocenters. The molecule has 0 radical (unpaired) electrons. The second-order valence-corrected chi connectivity index (χ2v) is 8.41. The Balaban J connectivity index is 2.90. The predicted octanol–water partition coefficient (Wildman–Crippen LogP) is 2.67. The SMILES string of the molecule is CC(C)(C)OC(=O)N(C(=O)[C@@H]1C[C@H](Br)CN1)C(C)(C)C. The second-order valence-electron chi connectivity index (χ2n) is 7.12. The third-order valence-corrected chi connectivity index (χ3v) is 3.54. The van der Waals surface area contributed by atoms with Gasteiger partial charge in [-0.3, -0.25) is 4.79 Å². The van der Waals surface area contributed by atoms with Crippen LogP contribution in [-0.4, -0.2) is 45.5 Å². The van der Waals surface area contributed by atoms with Crippen molar-refractivity contribution >= 4 is 27.9 Å². The summed E-state index contributed by atoms with van der Waals surface area (Å²) >= 11 is 3.48. The van der Waals surface area contributed by atoms with E-state index in [9.17, 15) is 9.59 Å². The standard InChI is InChI=1S/C14H25BrN2O3/c1-13(2,3)17(12(19)20-14(4,5)6)11(18)10-7-9(15)8-16-10/h9-10,16H,7-8H2,1-6H3/t9-,10-/m0/s1. The molecular formula is C14H25BrN2O3. The first-order chi connectivity index (χ1) is 8.92. The van der Waals surface area contributed by atoms with Gasteiger partial charge in [0.2, 0.25) is 5.91 Å². The Morgan fingerprint density at radius 3 is 2.10 bits per heavy atom. The summed E-state index contributed by atoms with van der Waals surface area (Å²) in [6, 6.07) is -0.342. The highest BCUT2D eigenvalue weighted by molar-refractivity contribution is 9.09. The van der Waals surface area contributed by atoms with Crippen molar-refractivity contribution in [2.24, 2.45) is 0 Å². The van der Waals surface area contributed by atoms with E-state index in [4.69, 9.17) is 4.74 Å². The quantitative estimate of drug-likeness (QED) is 0.740. The lowest BCUT2D eigenvalue weighted by Crippen LogP contribution is -2.56. The van der Waals surface area contributed by atoms with Gasteiger partial charge in [0.15, 0.2) is 0 Å². The van der Waals surface area contributed by atoms with E-state index in [0.717, 1.165) is 6.54 Å². The van der Waals surface area contributed by atoms with Gasteiger partial charge >= 0.3 is 6.09 Å². The summed E-state index contributed by atoms with van der Waals surface area (Å²) in [5.41, 5.74) is -1.24. The number of alkyl halides is 1. The third kappa shape index (κ3) is 4.74. The van der Waals surface area contributed by atoms with Crippen LogP contribution in [0, 0.1) is 0 Å². The van der Waals surface area contributed by atoms with Crippen molar-refractivity contribution in [1.82, 2.24) is 10.2 Å². The number of halogens is 1. The largest absolute Gasteiger partial charge is 0.443 e. The molecular weight excluding hydrogens is 324 g/mol. The average Bonchev–Trinajstić information content (AvgIpc) is 2.59. The molecule has 1 saturated heterocycles. The molecule has 0 aromatic carbocycles. The summed E-state index contributed by atoms with van der Waals surface area (Å²) in [5, 5.41) is 3.13. The Hall–Kier alpha value is -0.620. The normalized spacial score (nSPS) is 23.6. The smallest absolute Gasteiger partial charge is 0.417 e.